The highest BCUT2D eigenvalue weighted by Crippen LogP contribution is 2.39. The zero-order valence-electron chi connectivity index (χ0n) is 8.69. The van der Waals surface area contributed by atoms with E-state index in [4.69, 9.17) is 5.73 Å². The number of aromatic nitrogens is 1. The van der Waals surface area contributed by atoms with E-state index in [1.54, 1.807) is 12.1 Å². The molecule has 5 nitrogen and oxygen atoms in total. The van der Waals surface area contributed by atoms with Crippen LogP contribution in [0.15, 0.2) is 18.3 Å². The van der Waals surface area contributed by atoms with Crippen LogP contribution in [0, 0.1) is 0 Å². The summed E-state index contributed by atoms with van der Waals surface area (Å²) in [6.07, 6.45) is 1.49. The number of hydrogen-bond donors (Lipinski definition) is 2. The van der Waals surface area contributed by atoms with Gasteiger partial charge in [0.25, 0.3) is 5.91 Å². The Hall–Kier alpha value is -1.56. The lowest BCUT2D eigenvalue weighted by Gasteiger charge is -2.19. The predicted molar refractivity (Wildman–Crippen MR) is 60.7 cm³/mol. The molecule has 0 spiro atoms. The lowest BCUT2D eigenvalue weighted by molar-refractivity contribution is -0.122. The maximum absolute atomic E-state index is 11.7. The van der Waals surface area contributed by atoms with E-state index in [0.29, 0.717) is 5.88 Å². The molecule has 1 aromatic heterocycles. The average molecular weight is 237 g/mol. The van der Waals surface area contributed by atoms with Crippen molar-refractivity contribution in [3.8, 4) is 0 Å². The van der Waals surface area contributed by atoms with E-state index in [9.17, 15) is 9.59 Å². The summed E-state index contributed by atoms with van der Waals surface area (Å²) in [5.41, 5.74) is 6.08. The summed E-state index contributed by atoms with van der Waals surface area (Å²) in [7, 11) is 0. The van der Waals surface area contributed by atoms with Crippen LogP contribution in [-0.2, 0) is 9.54 Å². The van der Waals surface area contributed by atoms with Gasteiger partial charge in [-0.25, -0.2) is 0 Å². The van der Waals surface area contributed by atoms with Gasteiger partial charge in [0.15, 0.2) is 0 Å². The number of hydrogen-bond acceptors (Lipinski definition) is 4. The van der Waals surface area contributed by atoms with Crippen LogP contribution in [0.5, 0.6) is 0 Å². The Bertz CT molecular complexity index is 463. The Morgan fingerprint density at radius 2 is 2.44 bits per heavy atom. The van der Waals surface area contributed by atoms with E-state index in [1.807, 2.05) is 6.92 Å². The minimum Gasteiger partial charge on any atom is -0.364 e. The van der Waals surface area contributed by atoms with Crippen molar-refractivity contribution in [2.45, 2.75) is 11.7 Å². The molecule has 1 saturated heterocycles. The number of pyridine rings is 1. The van der Waals surface area contributed by atoms with Gasteiger partial charge in [-0.2, -0.15) is 0 Å². The van der Waals surface area contributed by atoms with Crippen LogP contribution in [0.4, 0.5) is 0 Å². The lowest BCUT2D eigenvalue weighted by atomic mass is 9.99. The summed E-state index contributed by atoms with van der Waals surface area (Å²) in [6.45, 7) is 1.82. The zero-order valence-corrected chi connectivity index (χ0v) is 9.50. The third kappa shape index (κ3) is 1.65. The van der Waals surface area contributed by atoms with E-state index in [1.165, 1.54) is 18.0 Å². The highest BCUT2D eigenvalue weighted by atomic mass is 32.2. The van der Waals surface area contributed by atoms with Gasteiger partial charge in [0.2, 0.25) is 5.91 Å². The Morgan fingerprint density at radius 1 is 1.69 bits per heavy atom. The number of nitrogens with one attached hydrogen (secondary N) is 1. The summed E-state index contributed by atoms with van der Waals surface area (Å²) < 4.78 is -0.660. The SMILES string of the molecule is CC1(c2ccnc(C(N)=O)c2)SCNC1=O. The molecule has 1 atom stereocenters. The monoisotopic (exact) mass is 237 g/mol. The molecule has 6 heteroatoms. The highest BCUT2D eigenvalue weighted by molar-refractivity contribution is 8.01. The van der Waals surface area contributed by atoms with Gasteiger partial charge in [0.05, 0.1) is 5.88 Å². The molecule has 1 aliphatic heterocycles. The van der Waals surface area contributed by atoms with E-state index >= 15 is 0 Å². The molecule has 2 amide bonds. The normalized spacial score (nSPS) is 24.2. The third-order valence-corrected chi connectivity index (χ3v) is 3.88. The minimum absolute atomic E-state index is 0.0564. The molecule has 2 heterocycles. The number of thioether (sulfide) groups is 1. The maximum Gasteiger partial charge on any atom is 0.267 e. The molecule has 0 radical (unpaired) electrons. The van der Waals surface area contributed by atoms with Gasteiger partial charge in [-0.3, -0.25) is 14.6 Å². The van der Waals surface area contributed by atoms with Crippen LogP contribution in [0.2, 0.25) is 0 Å². The van der Waals surface area contributed by atoms with Crippen molar-refractivity contribution in [3.63, 3.8) is 0 Å². The minimum atomic E-state index is -0.660. The molecule has 2 rings (SSSR count). The molecule has 0 aliphatic carbocycles. The Balaban J connectivity index is 2.44. The first kappa shape index (κ1) is 10.9. The van der Waals surface area contributed by atoms with Crippen LogP contribution in [0.1, 0.15) is 23.0 Å². The fourth-order valence-corrected chi connectivity index (χ4v) is 2.55. The standard InChI is InChI=1S/C10H11N3O2S/c1-10(9(15)13-5-16-10)6-2-3-12-7(4-6)8(11)14/h2-4H,5H2,1H3,(H2,11,14)(H,13,15). The van der Waals surface area contributed by atoms with Crippen LogP contribution < -0.4 is 11.1 Å². The Morgan fingerprint density at radius 3 is 3.00 bits per heavy atom. The average Bonchev–Trinajstić information content (AvgIpc) is 2.61. The van der Waals surface area contributed by atoms with E-state index in [2.05, 4.69) is 10.3 Å². The van der Waals surface area contributed by atoms with Gasteiger partial charge in [0, 0.05) is 6.20 Å². The molecular formula is C10H11N3O2S. The second-order valence-corrected chi connectivity index (χ2v) is 5.02. The van der Waals surface area contributed by atoms with E-state index in [0.717, 1.165) is 5.56 Å². The summed E-state index contributed by atoms with van der Waals surface area (Å²) in [6, 6.07) is 3.30. The van der Waals surface area contributed by atoms with Crippen LogP contribution >= 0.6 is 11.8 Å². The van der Waals surface area contributed by atoms with Crippen LogP contribution in [0.3, 0.4) is 0 Å². The molecule has 0 saturated carbocycles. The number of primary amides is 1. The second kappa shape index (κ2) is 3.79. The van der Waals surface area contributed by atoms with E-state index < -0.39 is 10.7 Å². The van der Waals surface area contributed by atoms with Crippen LogP contribution in [-0.4, -0.2) is 22.7 Å². The first-order valence-corrected chi connectivity index (χ1v) is 5.71. The molecule has 0 bridgehead atoms. The Labute approximate surface area is 96.8 Å². The number of nitrogens with zero attached hydrogens (tertiary/aromatic N) is 1. The molecule has 1 aromatic rings. The number of amides is 2. The molecular weight excluding hydrogens is 226 g/mol. The van der Waals surface area contributed by atoms with Crippen molar-refractivity contribution in [1.29, 1.82) is 0 Å². The summed E-state index contributed by atoms with van der Waals surface area (Å²) in [4.78, 5) is 26.6. The maximum atomic E-state index is 11.7. The predicted octanol–water partition coefficient (Wildman–Crippen LogP) is 0.216. The van der Waals surface area contributed by atoms with Gasteiger partial charge in [-0.05, 0) is 24.6 Å². The summed E-state index contributed by atoms with van der Waals surface area (Å²) in [5, 5.41) is 2.74. The third-order valence-electron chi connectivity index (χ3n) is 2.59. The molecule has 3 N–H and O–H groups in total. The van der Waals surface area contributed by atoms with Gasteiger partial charge < -0.3 is 11.1 Å². The fourth-order valence-electron chi connectivity index (χ4n) is 1.56. The number of nitrogens with two attached hydrogens (primary N) is 1. The molecule has 1 unspecified atom stereocenters. The summed E-state index contributed by atoms with van der Waals surface area (Å²) in [5.74, 6) is -0.0724. The number of carbonyl (C=O) groups is 2. The van der Waals surface area contributed by atoms with E-state index in [-0.39, 0.29) is 11.6 Å². The van der Waals surface area contributed by atoms with Crippen LogP contribution in [0.25, 0.3) is 0 Å². The lowest BCUT2D eigenvalue weighted by Crippen LogP contribution is -2.31. The number of rotatable bonds is 2. The van der Waals surface area contributed by atoms with Gasteiger partial charge in [-0.1, -0.05) is 0 Å². The quantitative estimate of drug-likeness (QED) is 0.770. The largest absolute Gasteiger partial charge is 0.364 e. The molecule has 84 valence electrons. The molecule has 16 heavy (non-hydrogen) atoms. The van der Waals surface area contributed by atoms with Crippen molar-refractivity contribution < 1.29 is 9.59 Å². The second-order valence-electron chi connectivity index (χ2n) is 3.62. The van der Waals surface area contributed by atoms with Crippen molar-refractivity contribution >= 4 is 23.6 Å². The van der Waals surface area contributed by atoms with Crippen molar-refractivity contribution in [2.24, 2.45) is 5.73 Å². The van der Waals surface area contributed by atoms with Crippen molar-refractivity contribution in [3.05, 3.63) is 29.6 Å². The van der Waals surface area contributed by atoms with Gasteiger partial charge in [0.1, 0.15) is 10.4 Å². The fraction of sp³-hybridized carbons (Fsp3) is 0.300. The summed E-state index contributed by atoms with van der Waals surface area (Å²) >= 11 is 1.49. The number of carbonyl (C=O) groups excluding carboxylic acids is 2. The molecule has 0 aromatic carbocycles. The Kier molecular flexibility index (Phi) is 2.59. The van der Waals surface area contributed by atoms with Crippen molar-refractivity contribution in [1.82, 2.24) is 10.3 Å². The molecule has 1 aliphatic rings. The first-order chi connectivity index (χ1) is 7.54. The molecule has 1 fully saturated rings. The van der Waals surface area contributed by atoms with Gasteiger partial charge in [-0.15, -0.1) is 11.8 Å². The first-order valence-electron chi connectivity index (χ1n) is 4.72. The van der Waals surface area contributed by atoms with Crippen molar-refractivity contribution in [2.75, 3.05) is 5.88 Å². The highest BCUT2D eigenvalue weighted by Gasteiger charge is 2.40. The zero-order chi connectivity index (χ0) is 11.8. The smallest absolute Gasteiger partial charge is 0.267 e. The topological polar surface area (TPSA) is 85.1 Å². The van der Waals surface area contributed by atoms with Gasteiger partial charge >= 0.3 is 0 Å².